The molecule has 0 aromatic heterocycles. The van der Waals surface area contributed by atoms with E-state index in [0.717, 1.165) is 109 Å². The van der Waals surface area contributed by atoms with Gasteiger partial charge in [0.05, 0.1) is 26.4 Å². The van der Waals surface area contributed by atoms with E-state index in [0.29, 0.717) is 25.7 Å². The Labute approximate surface area is 588 Å². The van der Waals surface area contributed by atoms with Gasteiger partial charge in [0.1, 0.15) is 19.3 Å². The molecule has 0 spiro atoms. The van der Waals surface area contributed by atoms with Crippen molar-refractivity contribution in [3.05, 3.63) is 0 Å². The fourth-order valence-corrected chi connectivity index (χ4v) is 13.4. The highest BCUT2D eigenvalue weighted by molar-refractivity contribution is 7.47. The molecule has 0 amide bonds. The molecule has 19 heteroatoms. The minimum Gasteiger partial charge on any atom is -0.462 e. The molecule has 0 aliphatic rings. The molecule has 3 unspecified atom stereocenters. The predicted molar refractivity (Wildman–Crippen MR) is 391 cm³/mol. The van der Waals surface area contributed by atoms with Crippen LogP contribution in [0.5, 0.6) is 0 Å². The van der Waals surface area contributed by atoms with Crippen molar-refractivity contribution < 1.29 is 80.2 Å². The third-order valence-corrected chi connectivity index (χ3v) is 20.3. The molecule has 0 bridgehead atoms. The molecule has 0 radical (unpaired) electrons. The summed E-state index contributed by atoms with van der Waals surface area (Å²) in [5.41, 5.74) is 0. The number of phosphoric acid groups is 2. The number of unbranched alkanes of at least 4 members (excludes halogenated alkanes) is 48. The average molecular weight is 1410 g/mol. The molecular formula is C77H150O17P2. The molecule has 3 N–H and O–H groups in total. The van der Waals surface area contributed by atoms with Crippen LogP contribution in [0.25, 0.3) is 0 Å². The number of aliphatic hydroxyl groups excluding tert-OH is 1. The third kappa shape index (κ3) is 69.2. The fraction of sp³-hybridized carbons (Fsp3) is 0.948. The number of carbonyl (C=O) groups excluding carboxylic acids is 4. The minimum atomic E-state index is -4.96. The molecule has 0 aromatic rings. The molecule has 6 atom stereocenters. The molecule has 17 nitrogen and oxygen atoms in total. The largest absolute Gasteiger partial charge is 0.472 e. The topological polar surface area (TPSA) is 237 Å². The molecule has 0 fully saturated rings. The lowest BCUT2D eigenvalue weighted by molar-refractivity contribution is -0.161. The van der Waals surface area contributed by atoms with Gasteiger partial charge in [-0.25, -0.2) is 9.13 Å². The van der Waals surface area contributed by atoms with Crippen LogP contribution in [0.15, 0.2) is 0 Å². The van der Waals surface area contributed by atoms with Crippen LogP contribution in [-0.4, -0.2) is 96.7 Å². The summed E-state index contributed by atoms with van der Waals surface area (Å²) in [5, 5.41) is 10.6. The van der Waals surface area contributed by atoms with Crippen molar-refractivity contribution in [1.82, 2.24) is 0 Å². The summed E-state index contributed by atoms with van der Waals surface area (Å²) in [6.07, 6.45) is 59.9. The Morgan fingerprint density at radius 3 is 0.740 bits per heavy atom. The lowest BCUT2D eigenvalue weighted by atomic mass is 9.99. The van der Waals surface area contributed by atoms with E-state index < -0.39 is 97.5 Å². The van der Waals surface area contributed by atoms with E-state index >= 15 is 0 Å². The van der Waals surface area contributed by atoms with Crippen molar-refractivity contribution in [2.75, 3.05) is 39.6 Å². The van der Waals surface area contributed by atoms with Gasteiger partial charge in [-0.1, -0.05) is 356 Å². The minimum absolute atomic E-state index is 0.105. The summed E-state index contributed by atoms with van der Waals surface area (Å²) in [5.74, 6) is -1.25. The Kier molecular flexibility index (Phi) is 68.7. The van der Waals surface area contributed by atoms with Gasteiger partial charge in [0, 0.05) is 25.7 Å². The zero-order valence-electron chi connectivity index (χ0n) is 62.5. The number of aliphatic hydroxyl groups is 1. The summed E-state index contributed by atoms with van der Waals surface area (Å²) in [4.78, 5) is 72.6. The van der Waals surface area contributed by atoms with Crippen LogP contribution < -0.4 is 0 Å². The maximum Gasteiger partial charge on any atom is 0.472 e. The first-order valence-electron chi connectivity index (χ1n) is 40.2. The number of hydrogen-bond acceptors (Lipinski definition) is 15. The maximum atomic E-state index is 13.1. The number of carbonyl (C=O) groups is 4. The van der Waals surface area contributed by atoms with Crippen LogP contribution in [0.2, 0.25) is 0 Å². The zero-order chi connectivity index (χ0) is 70.5. The van der Waals surface area contributed by atoms with Crippen LogP contribution in [0, 0.1) is 5.92 Å². The lowest BCUT2D eigenvalue weighted by Gasteiger charge is -2.21. The molecule has 0 aliphatic carbocycles. The van der Waals surface area contributed by atoms with Crippen LogP contribution in [0.1, 0.15) is 407 Å². The van der Waals surface area contributed by atoms with Crippen molar-refractivity contribution >= 4 is 39.5 Å². The molecule has 0 aliphatic heterocycles. The first-order chi connectivity index (χ1) is 46.6. The quantitative estimate of drug-likeness (QED) is 0.0222. The standard InChI is InChI=1S/C77H150O17P2/c1-6-10-13-16-19-22-23-24-25-26-30-33-36-39-42-47-51-56-61-75(80)88-67-73(94-77(82)63-58-53-48-43-40-37-34-31-28-27-29-32-35-38-41-44-49-54-59-70(5)9-4)69-92-96(85,86)90-65-71(78)64-89-95(83,84)91-68-72(93-76(81)62-57-52-46-21-18-15-12-8-3)66-87-74(79)60-55-50-45-20-17-14-11-7-2/h70-73,78H,6-69H2,1-5H3,(H,83,84)(H,85,86)/t70?,71-,72+,73+/m0/s1. The molecule has 570 valence electrons. The Morgan fingerprint density at radius 2 is 0.500 bits per heavy atom. The van der Waals surface area contributed by atoms with E-state index in [1.807, 2.05) is 0 Å². The Morgan fingerprint density at radius 1 is 0.292 bits per heavy atom. The molecule has 96 heavy (non-hydrogen) atoms. The van der Waals surface area contributed by atoms with E-state index in [-0.39, 0.29) is 25.7 Å². The summed E-state index contributed by atoms with van der Waals surface area (Å²) in [6, 6.07) is 0. The van der Waals surface area contributed by atoms with Crippen molar-refractivity contribution in [1.29, 1.82) is 0 Å². The fourth-order valence-electron chi connectivity index (χ4n) is 11.8. The highest BCUT2D eigenvalue weighted by Crippen LogP contribution is 2.45. The lowest BCUT2D eigenvalue weighted by Crippen LogP contribution is -2.30. The zero-order valence-corrected chi connectivity index (χ0v) is 64.3. The summed E-state index contributed by atoms with van der Waals surface area (Å²) in [6.45, 7) is 7.30. The first kappa shape index (κ1) is 94.1. The smallest absolute Gasteiger partial charge is 0.462 e. The molecule has 0 saturated heterocycles. The third-order valence-electron chi connectivity index (χ3n) is 18.4. The number of rotatable bonds is 77. The van der Waals surface area contributed by atoms with Gasteiger partial charge < -0.3 is 33.8 Å². The molecule has 0 saturated carbocycles. The monoisotopic (exact) mass is 1410 g/mol. The van der Waals surface area contributed by atoms with Crippen LogP contribution >= 0.6 is 15.6 Å². The van der Waals surface area contributed by atoms with E-state index in [1.165, 1.54) is 218 Å². The first-order valence-corrected chi connectivity index (χ1v) is 43.2. The van der Waals surface area contributed by atoms with Crippen LogP contribution in [0.4, 0.5) is 0 Å². The Balaban J connectivity index is 5.13. The second-order valence-electron chi connectivity index (χ2n) is 28.0. The summed E-state index contributed by atoms with van der Waals surface area (Å²) < 4.78 is 68.3. The van der Waals surface area contributed by atoms with Crippen LogP contribution in [0.3, 0.4) is 0 Å². The van der Waals surface area contributed by atoms with Gasteiger partial charge in [-0.2, -0.15) is 0 Å². The van der Waals surface area contributed by atoms with E-state index in [9.17, 15) is 43.2 Å². The number of esters is 4. The molecular weight excluding hydrogens is 1260 g/mol. The van der Waals surface area contributed by atoms with Gasteiger partial charge in [0.2, 0.25) is 0 Å². The molecule has 0 rings (SSSR count). The van der Waals surface area contributed by atoms with Gasteiger partial charge in [-0.3, -0.25) is 37.3 Å². The van der Waals surface area contributed by atoms with E-state index in [1.54, 1.807) is 0 Å². The molecule has 0 heterocycles. The van der Waals surface area contributed by atoms with Gasteiger partial charge in [0.25, 0.3) is 0 Å². The number of ether oxygens (including phenoxy) is 4. The SMILES string of the molecule is CCCCCCCCCCCCCCCCCCCCC(=O)OC[C@H](COP(=O)(O)OC[C@@H](O)COP(=O)(O)OC[C@@H](COC(=O)CCCCCCCCCC)OC(=O)CCCCCCCCCC)OC(=O)CCCCCCCCCCCCCCCCCCCCC(C)CC. The average Bonchev–Trinajstić information content (AvgIpc) is 1.49. The molecule has 0 aromatic carbocycles. The van der Waals surface area contributed by atoms with Gasteiger partial charge in [0.15, 0.2) is 12.2 Å². The van der Waals surface area contributed by atoms with Crippen molar-refractivity contribution in [3.63, 3.8) is 0 Å². The summed E-state index contributed by atoms with van der Waals surface area (Å²) >= 11 is 0. The van der Waals surface area contributed by atoms with Gasteiger partial charge >= 0.3 is 39.5 Å². The van der Waals surface area contributed by atoms with Gasteiger partial charge in [-0.05, 0) is 31.6 Å². The summed E-state index contributed by atoms with van der Waals surface area (Å²) in [7, 11) is -9.90. The van der Waals surface area contributed by atoms with E-state index in [4.69, 9.17) is 37.0 Å². The second-order valence-corrected chi connectivity index (χ2v) is 30.9. The highest BCUT2D eigenvalue weighted by Gasteiger charge is 2.30. The van der Waals surface area contributed by atoms with Gasteiger partial charge in [-0.15, -0.1) is 0 Å². The maximum absolute atomic E-state index is 13.1. The predicted octanol–water partition coefficient (Wildman–Crippen LogP) is 22.9. The number of hydrogen-bond donors (Lipinski definition) is 3. The second kappa shape index (κ2) is 70.1. The van der Waals surface area contributed by atoms with Crippen molar-refractivity contribution in [3.8, 4) is 0 Å². The van der Waals surface area contributed by atoms with E-state index in [2.05, 4.69) is 34.6 Å². The van der Waals surface area contributed by atoms with Crippen molar-refractivity contribution in [2.45, 2.75) is 425 Å². The normalized spacial score (nSPS) is 14.2. The highest BCUT2D eigenvalue weighted by atomic mass is 31.2. The Hall–Kier alpha value is -1.94. The van der Waals surface area contributed by atoms with Crippen LogP contribution in [-0.2, 0) is 65.4 Å². The Bertz CT molecular complexity index is 1840. The number of phosphoric ester groups is 2. The van der Waals surface area contributed by atoms with Crippen molar-refractivity contribution in [2.24, 2.45) is 5.92 Å².